The Hall–Kier alpha value is -2.01. The maximum atomic E-state index is 11.6. The second-order valence-electron chi connectivity index (χ2n) is 7.87. The molecule has 5 heteroatoms. The van der Waals surface area contributed by atoms with E-state index in [0.29, 0.717) is 23.5 Å². The summed E-state index contributed by atoms with van der Waals surface area (Å²) in [5, 5.41) is 7.57. The first-order chi connectivity index (χ1) is 12.9. The molecule has 0 aromatic heterocycles. The number of esters is 1. The first kappa shape index (κ1) is 28.2. The Kier molecular flexibility index (Phi) is 15.1. The van der Waals surface area contributed by atoms with Crippen LogP contribution in [0.4, 0.5) is 0 Å². The summed E-state index contributed by atoms with van der Waals surface area (Å²) < 4.78 is 16.0. The standard InChI is InChI=1S/C16H22O4.C5H12.C2H6O/c1-6-12-8-15(20-11(3)4)14(18-5)9-13(12)10-16(17)19-7-2;1-5(2,3)4;1-2-3/h6,8-9,11H,1,7,10H2,2-5H3;1-4H3;3H,2H2,1H3. The molecule has 0 unspecified atom stereocenters. The summed E-state index contributed by atoms with van der Waals surface area (Å²) in [4.78, 5) is 11.6. The molecule has 0 saturated heterocycles. The Labute approximate surface area is 171 Å². The van der Waals surface area contributed by atoms with Crippen molar-refractivity contribution < 1.29 is 24.1 Å². The molecule has 0 radical (unpaired) electrons. The Bertz CT molecular complexity index is 565. The fourth-order valence-corrected chi connectivity index (χ4v) is 1.83. The number of rotatable bonds is 7. The van der Waals surface area contributed by atoms with E-state index in [4.69, 9.17) is 19.3 Å². The van der Waals surface area contributed by atoms with Crippen LogP contribution in [0.25, 0.3) is 6.08 Å². The lowest BCUT2D eigenvalue weighted by atomic mass is 10.0. The highest BCUT2D eigenvalue weighted by molar-refractivity contribution is 5.75. The van der Waals surface area contributed by atoms with Crippen molar-refractivity contribution in [2.24, 2.45) is 5.41 Å². The van der Waals surface area contributed by atoms with E-state index in [9.17, 15) is 4.79 Å². The van der Waals surface area contributed by atoms with Crippen molar-refractivity contribution in [1.29, 1.82) is 0 Å². The maximum absolute atomic E-state index is 11.6. The average molecular weight is 397 g/mol. The summed E-state index contributed by atoms with van der Waals surface area (Å²) >= 11 is 0. The average Bonchev–Trinajstić information content (AvgIpc) is 2.54. The summed E-state index contributed by atoms with van der Waals surface area (Å²) in [6.07, 6.45) is 1.92. The third-order valence-electron chi connectivity index (χ3n) is 2.65. The molecular formula is C23H40O5. The summed E-state index contributed by atoms with van der Waals surface area (Å²) in [7, 11) is 1.57. The van der Waals surface area contributed by atoms with Crippen LogP contribution in [-0.4, -0.2) is 37.5 Å². The van der Waals surface area contributed by atoms with Gasteiger partial charge in [-0.3, -0.25) is 4.79 Å². The molecule has 0 fully saturated rings. The minimum atomic E-state index is -0.268. The fraction of sp³-hybridized carbons (Fsp3) is 0.609. The number of benzene rings is 1. The molecule has 5 nitrogen and oxygen atoms in total. The SMILES string of the molecule is C=Cc1cc(OC(C)C)c(OC)cc1CC(=O)OCC.CC(C)(C)C.CCO. The van der Waals surface area contributed by atoms with Gasteiger partial charge in [0.25, 0.3) is 0 Å². The Balaban J connectivity index is 0. The third-order valence-corrected chi connectivity index (χ3v) is 2.65. The largest absolute Gasteiger partial charge is 0.493 e. The summed E-state index contributed by atoms with van der Waals surface area (Å²) in [5.41, 5.74) is 2.15. The molecular weight excluding hydrogens is 356 g/mol. The molecule has 0 saturated carbocycles. The normalized spacial score (nSPS) is 10.1. The highest BCUT2D eigenvalue weighted by Crippen LogP contribution is 2.32. The van der Waals surface area contributed by atoms with Gasteiger partial charge >= 0.3 is 5.97 Å². The highest BCUT2D eigenvalue weighted by atomic mass is 16.5. The summed E-state index contributed by atoms with van der Waals surface area (Å²) in [6, 6.07) is 3.63. The van der Waals surface area contributed by atoms with Crippen molar-refractivity contribution in [2.75, 3.05) is 20.3 Å². The van der Waals surface area contributed by atoms with E-state index in [1.807, 2.05) is 19.9 Å². The highest BCUT2D eigenvalue weighted by Gasteiger charge is 2.14. The number of ether oxygens (including phenoxy) is 3. The van der Waals surface area contributed by atoms with E-state index < -0.39 is 0 Å². The lowest BCUT2D eigenvalue weighted by Crippen LogP contribution is -2.10. The maximum Gasteiger partial charge on any atom is 0.310 e. The van der Waals surface area contributed by atoms with Gasteiger partial charge in [0.2, 0.25) is 0 Å². The van der Waals surface area contributed by atoms with Gasteiger partial charge in [-0.1, -0.05) is 40.3 Å². The molecule has 0 spiro atoms. The molecule has 1 rings (SSSR count). The van der Waals surface area contributed by atoms with Gasteiger partial charge in [0.15, 0.2) is 11.5 Å². The lowest BCUT2D eigenvalue weighted by molar-refractivity contribution is -0.142. The van der Waals surface area contributed by atoms with Gasteiger partial charge in [-0.05, 0) is 56.4 Å². The molecule has 0 aliphatic carbocycles. The predicted octanol–water partition coefficient (Wildman–Crippen LogP) is 5.28. The zero-order valence-electron chi connectivity index (χ0n) is 19.2. The van der Waals surface area contributed by atoms with Crippen molar-refractivity contribution in [3.63, 3.8) is 0 Å². The second-order valence-corrected chi connectivity index (χ2v) is 7.87. The molecule has 0 bridgehead atoms. The van der Waals surface area contributed by atoms with E-state index >= 15 is 0 Å². The number of methoxy groups -OCH3 is 1. The van der Waals surface area contributed by atoms with Crippen LogP contribution in [0, 0.1) is 5.41 Å². The Morgan fingerprint density at radius 2 is 1.68 bits per heavy atom. The van der Waals surface area contributed by atoms with Crippen LogP contribution in [0.3, 0.4) is 0 Å². The number of hydrogen-bond donors (Lipinski definition) is 1. The van der Waals surface area contributed by atoms with Gasteiger partial charge < -0.3 is 19.3 Å². The number of carbonyl (C=O) groups excluding carboxylic acids is 1. The van der Waals surface area contributed by atoms with Crippen molar-refractivity contribution >= 4 is 12.0 Å². The quantitative estimate of drug-likeness (QED) is 0.635. The van der Waals surface area contributed by atoms with Gasteiger partial charge in [-0.25, -0.2) is 0 Å². The first-order valence-electron chi connectivity index (χ1n) is 9.69. The minimum Gasteiger partial charge on any atom is -0.493 e. The Morgan fingerprint density at radius 3 is 2.04 bits per heavy atom. The molecule has 0 aliphatic rings. The van der Waals surface area contributed by atoms with Gasteiger partial charge in [-0.2, -0.15) is 0 Å². The van der Waals surface area contributed by atoms with Crippen LogP contribution in [0.15, 0.2) is 18.7 Å². The Morgan fingerprint density at radius 1 is 1.18 bits per heavy atom. The van der Waals surface area contributed by atoms with Gasteiger partial charge in [0.1, 0.15) is 0 Å². The van der Waals surface area contributed by atoms with Crippen LogP contribution in [0.5, 0.6) is 11.5 Å². The molecule has 0 aliphatic heterocycles. The van der Waals surface area contributed by atoms with Crippen LogP contribution >= 0.6 is 0 Å². The zero-order valence-corrected chi connectivity index (χ0v) is 19.2. The molecule has 0 heterocycles. The van der Waals surface area contributed by atoms with Crippen molar-refractivity contribution in [3.8, 4) is 11.5 Å². The summed E-state index contributed by atoms with van der Waals surface area (Å²) in [5.74, 6) is 0.976. The second kappa shape index (κ2) is 15.0. The van der Waals surface area contributed by atoms with Crippen molar-refractivity contribution in [3.05, 3.63) is 29.8 Å². The van der Waals surface area contributed by atoms with Crippen LogP contribution < -0.4 is 9.47 Å². The molecule has 1 aromatic carbocycles. The molecule has 162 valence electrons. The number of aliphatic hydroxyl groups is 1. The number of hydrogen-bond acceptors (Lipinski definition) is 5. The van der Waals surface area contributed by atoms with E-state index in [0.717, 1.165) is 11.1 Å². The number of aliphatic hydroxyl groups excluding tert-OH is 1. The van der Waals surface area contributed by atoms with Gasteiger partial charge in [0, 0.05) is 6.61 Å². The third kappa shape index (κ3) is 15.1. The van der Waals surface area contributed by atoms with E-state index in [1.165, 1.54) is 0 Å². The van der Waals surface area contributed by atoms with Crippen molar-refractivity contribution in [1.82, 2.24) is 0 Å². The van der Waals surface area contributed by atoms with Crippen LogP contribution in [0.1, 0.15) is 66.5 Å². The fourth-order valence-electron chi connectivity index (χ4n) is 1.83. The van der Waals surface area contributed by atoms with E-state index in [2.05, 4.69) is 34.3 Å². The lowest BCUT2D eigenvalue weighted by Gasteiger charge is -2.16. The van der Waals surface area contributed by atoms with Crippen LogP contribution in [0.2, 0.25) is 0 Å². The smallest absolute Gasteiger partial charge is 0.310 e. The molecule has 0 amide bonds. The molecule has 0 atom stereocenters. The monoisotopic (exact) mass is 396 g/mol. The topological polar surface area (TPSA) is 65.0 Å². The van der Waals surface area contributed by atoms with Gasteiger partial charge in [-0.15, -0.1) is 0 Å². The summed E-state index contributed by atoms with van der Waals surface area (Å²) in [6.45, 7) is 20.5. The van der Waals surface area contributed by atoms with Gasteiger partial charge in [0.05, 0.1) is 26.2 Å². The predicted molar refractivity (Wildman–Crippen MR) is 117 cm³/mol. The molecule has 28 heavy (non-hydrogen) atoms. The molecule has 1 aromatic rings. The van der Waals surface area contributed by atoms with Crippen molar-refractivity contribution in [2.45, 2.75) is 67.9 Å². The van der Waals surface area contributed by atoms with E-state index in [-0.39, 0.29) is 25.1 Å². The zero-order chi connectivity index (χ0) is 22.3. The first-order valence-corrected chi connectivity index (χ1v) is 9.69. The molecule has 1 N–H and O–H groups in total. The van der Waals surface area contributed by atoms with E-state index in [1.54, 1.807) is 33.1 Å². The minimum absolute atomic E-state index is 0.0393. The van der Waals surface area contributed by atoms with Crippen LogP contribution in [-0.2, 0) is 16.0 Å². The number of carbonyl (C=O) groups is 1.